The average Bonchev–Trinajstić information content (AvgIpc) is 3.12. The molecule has 3 heterocycles. The van der Waals surface area contributed by atoms with Gasteiger partial charge >= 0.3 is 0 Å². The molecule has 4 rings (SSSR count). The van der Waals surface area contributed by atoms with Gasteiger partial charge in [-0.3, -0.25) is 9.59 Å². The second-order valence-corrected chi connectivity index (χ2v) is 8.06. The van der Waals surface area contributed by atoms with Crippen molar-refractivity contribution in [3.63, 3.8) is 0 Å². The predicted octanol–water partition coefficient (Wildman–Crippen LogP) is 2.61. The Bertz CT molecular complexity index is 872. The van der Waals surface area contributed by atoms with Crippen molar-refractivity contribution in [1.29, 1.82) is 0 Å². The fraction of sp³-hybridized carbons (Fsp3) is 0.476. The highest BCUT2D eigenvalue weighted by atomic mass is 16.2. The van der Waals surface area contributed by atoms with Gasteiger partial charge in [-0.2, -0.15) is 0 Å². The third kappa shape index (κ3) is 3.13. The van der Waals surface area contributed by atoms with Crippen molar-refractivity contribution in [3.8, 4) is 11.4 Å². The summed E-state index contributed by atoms with van der Waals surface area (Å²) in [6.07, 6.45) is 3.16. The summed E-state index contributed by atoms with van der Waals surface area (Å²) in [4.78, 5) is 31.6. The van der Waals surface area contributed by atoms with E-state index in [0.717, 1.165) is 29.9 Å². The summed E-state index contributed by atoms with van der Waals surface area (Å²) >= 11 is 0. The van der Waals surface area contributed by atoms with Gasteiger partial charge in [0.15, 0.2) is 0 Å². The van der Waals surface area contributed by atoms with E-state index in [1.165, 1.54) is 0 Å². The van der Waals surface area contributed by atoms with E-state index in [9.17, 15) is 9.59 Å². The molecule has 2 aliphatic heterocycles. The lowest BCUT2D eigenvalue weighted by Gasteiger charge is -2.29. The molecule has 2 amide bonds. The van der Waals surface area contributed by atoms with Crippen molar-refractivity contribution in [3.05, 3.63) is 41.7 Å². The molecule has 0 saturated carbocycles. The minimum absolute atomic E-state index is 0.126. The molecule has 1 aromatic heterocycles. The SMILES string of the molecule is CC(C)CC(=O)N1[C@@H]2CC[C@H]1Cc1c(C(N)=O)nc(-c3ccccc3)n1C2. The lowest BCUT2D eigenvalue weighted by molar-refractivity contribution is -0.134. The number of fused-ring (bicyclic) bond motifs is 3. The number of amides is 2. The molecule has 2 bridgehead atoms. The lowest BCUT2D eigenvalue weighted by atomic mass is 10.0. The van der Waals surface area contributed by atoms with Gasteiger partial charge < -0.3 is 15.2 Å². The van der Waals surface area contributed by atoms with Gasteiger partial charge in [0.1, 0.15) is 11.5 Å². The maximum absolute atomic E-state index is 12.9. The molecule has 0 spiro atoms. The molecule has 0 unspecified atom stereocenters. The molecule has 6 nitrogen and oxygen atoms in total. The number of rotatable bonds is 4. The van der Waals surface area contributed by atoms with Gasteiger partial charge in [0, 0.05) is 31.0 Å². The number of hydrogen-bond donors (Lipinski definition) is 1. The highest BCUT2D eigenvalue weighted by Gasteiger charge is 2.41. The number of carbonyl (C=O) groups is 2. The highest BCUT2D eigenvalue weighted by Crippen LogP contribution is 2.36. The molecular weight excluding hydrogens is 340 g/mol. The van der Waals surface area contributed by atoms with E-state index in [1.54, 1.807) is 0 Å². The van der Waals surface area contributed by atoms with E-state index in [4.69, 9.17) is 5.73 Å². The van der Waals surface area contributed by atoms with E-state index in [2.05, 4.69) is 28.3 Å². The molecule has 1 aromatic carbocycles. The molecule has 27 heavy (non-hydrogen) atoms. The normalized spacial score (nSPS) is 21.2. The zero-order chi connectivity index (χ0) is 19.1. The van der Waals surface area contributed by atoms with Crippen LogP contribution in [0.5, 0.6) is 0 Å². The summed E-state index contributed by atoms with van der Waals surface area (Å²) in [6, 6.07) is 10.1. The van der Waals surface area contributed by atoms with E-state index < -0.39 is 5.91 Å². The van der Waals surface area contributed by atoms with Crippen LogP contribution in [0.25, 0.3) is 11.4 Å². The van der Waals surface area contributed by atoms with Crippen molar-refractivity contribution in [2.24, 2.45) is 11.7 Å². The van der Waals surface area contributed by atoms with Crippen molar-refractivity contribution in [2.45, 2.75) is 58.2 Å². The zero-order valence-electron chi connectivity index (χ0n) is 15.9. The number of carbonyl (C=O) groups excluding carboxylic acids is 2. The molecule has 1 fully saturated rings. The summed E-state index contributed by atoms with van der Waals surface area (Å²) in [5.74, 6) is 0.821. The molecule has 0 radical (unpaired) electrons. The summed E-state index contributed by atoms with van der Waals surface area (Å²) in [5, 5.41) is 0. The van der Waals surface area contributed by atoms with Gasteiger partial charge in [0.2, 0.25) is 5.91 Å². The van der Waals surface area contributed by atoms with Crippen molar-refractivity contribution >= 4 is 11.8 Å². The number of nitrogens with zero attached hydrogens (tertiary/aromatic N) is 3. The minimum Gasteiger partial charge on any atom is -0.364 e. The number of nitrogens with two attached hydrogens (primary N) is 1. The largest absolute Gasteiger partial charge is 0.364 e. The van der Waals surface area contributed by atoms with Crippen LogP contribution in [-0.4, -0.2) is 38.3 Å². The number of imidazole rings is 1. The quantitative estimate of drug-likeness (QED) is 0.903. The molecule has 2 aromatic rings. The summed E-state index contributed by atoms with van der Waals surface area (Å²) in [7, 11) is 0. The first-order chi connectivity index (χ1) is 13.0. The second-order valence-electron chi connectivity index (χ2n) is 8.06. The van der Waals surface area contributed by atoms with Crippen molar-refractivity contribution in [2.75, 3.05) is 0 Å². The summed E-state index contributed by atoms with van der Waals surface area (Å²) in [5.41, 5.74) is 7.82. The molecular formula is C21H26N4O2. The molecule has 2 aliphatic rings. The van der Waals surface area contributed by atoms with Crippen LogP contribution < -0.4 is 5.73 Å². The Balaban J connectivity index is 1.76. The minimum atomic E-state index is -0.501. The lowest BCUT2D eigenvalue weighted by Crippen LogP contribution is -2.42. The smallest absolute Gasteiger partial charge is 0.269 e. The van der Waals surface area contributed by atoms with Crippen LogP contribution in [0, 0.1) is 5.92 Å². The maximum Gasteiger partial charge on any atom is 0.269 e. The highest BCUT2D eigenvalue weighted by molar-refractivity contribution is 5.93. The van der Waals surface area contributed by atoms with Gasteiger partial charge in [0.25, 0.3) is 5.91 Å². The van der Waals surface area contributed by atoms with Crippen molar-refractivity contribution in [1.82, 2.24) is 14.5 Å². The number of hydrogen-bond acceptors (Lipinski definition) is 3. The molecule has 0 aliphatic carbocycles. The fourth-order valence-electron chi connectivity index (χ4n) is 4.53. The van der Waals surface area contributed by atoms with Crippen LogP contribution in [0.2, 0.25) is 0 Å². The van der Waals surface area contributed by atoms with Crippen LogP contribution in [0.3, 0.4) is 0 Å². The molecule has 142 valence electrons. The van der Waals surface area contributed by atoms with Gasteiger partial charge in [-0.15, -0.1) is 0 Å². The Morgan fingerprint density at radius 2 is 1.89 bits per heavy atom. The third-order valence-electron chi connectivity index (χ3n) is 5.65. The predicted molar refractivity (Wildman–Crippen MR) is 103 cm³/mol. The van der Waals surface area contributed by atoms with Gasteiger partial charge in [-0.25, -0.2) is 4.98 Å². The second kappa shape index (κ2) is 6.83. The number of primary amides is 1. The Labute approximate surface area is 159 Å². The van der Waals surface area contributed by atoms with Gasteiger partial charge in [0.05, 0.1) is 11.7 Å². The van der Waals surface area contributed by atoms with E-state index in [1.807, 2.05) is 30.3 Å². The average molecular weight is 366 g/mol. The molecule has 2 N–H and O–H groups in total. The summed E-state index contributed by atoms with van der Waals surface area (Å²) < 4.78 is 2.12. The fourth-order valence-corrected chi connectivity index (χ4v) is 4.53. The van der Waals surface area contributed by atoms with Crippen LogP contribution in [0.15, 0.2) is 30.3 Å². The summed E-state index contributed by atoms with van der Waals surface area (Å²) in [6.45, 7) is 4.81. The Morgan fingerprint density at radius 3 is 2.56 bits per heavy atom. The van der Waals surface area contributed by atoms with Crippen LogP contribution in [-0.2, 0) is 17.8 Å². The first-order valence-electron chi connectivity index (χ1n) is 9.71. The standard InChI is InChI=1S/C21H26N4O2/c1-13(2)10-18(26)25-15-8-9-16(25)12-24-17(11-15)19(20(22)27)23-21(24)14-6-4-3-5-7-14/h3-7,13,15-16H,8-12H2,1-2H3,(H2,22,27)/t15-,16+/m0/s1. The zero-order valence-corrected chi connectivity index (χ0v) is 15.9. The van der Waals surface area contributed by atoms with E-state index >= 15 is 0 Å². The first kappa shape index (κ1) is 17.8. The molecule has 2 atom stereocenters. The van der Waals surface area contributed by atoms with Crippen LogP contribution in [0.4, 0.5) is 0 Å². The van der Waals surface area contributed by atoms with Gasteiger partial charge in [-0.05, 0) is 18.8 Å². The van der Waals surface area contributed by atoms with Crippen LogP contribution in [0.1, 0.15) is 49.3 Å². The Kier molecular flexibility index (Phi) is 4.50. The third-order valence-corrected chi connectivity index (χ3v) is 5.65. The maximum atomic E-state index is 12.9. The van der Waals surface area contributed by atoms with E-state index in [0.29, 0.717) is 31.0 Å². The number of aromatic nitrogens is 2. The topological polar surface area (TPSA) is 81.2 Å². The first-order valence-corrected chi connectivity index (χ1v) is 9.71. The van der Waals surface area contributed by atoms with Gasteiger partial charge in [-0.1, -0.05) is 44.2 Å². The molecule has 1 saturated heterocycles. The van der Waals surface area contributed by atoms with Crippen molar-refractivity contribution < 1.29 is 9.59 Å². The van der Waals surface area contributed by atoms with Crippen LogP contribution >= 0.6 is 0 Å². The molecule has 6 heteroatoms. The Morgan fingerprint density at radius 1 is 1.19 bits per heavy atom. The van der Waals surface area contributed by atoms with E-state index in [-0.39, 0.29) is 18.0 Å². The monoisotopic (exact) mass is 366 g/mol. The number of benzene rings is 1. The Hall–Kier alpha value is -2.63.